The molecule has 120 valence electrons. The minimum absolute atomic E-state index is 0.646. The zero-order valence-electron chi connectivity index (χ0n) is 13.7. The number of rotatable bonds is 10. The molecule has 1 aromatic rings. The van der Waals surface area contributed by atoms with E-state index < -0.39 is 0 Å². The van der Waals surface area contributed by atoms with Crippen molar-refractivity contribution < 1.29 is 9.47 Å². The van der Waals surface area contributed by atoms with Crippen LogP contribution < -0.4 is 14.8 Å². The van der Waals surface area contributed by atoms with Crippen LogP contribution in [0.25, 0.3) is 0 Å². The molecule has 0 saturated carbocycles. The van der Waals surface area contributed by atoms with E-state index in [1.807, 2.05) is 27.0 Å². The highest BCUT2D eigenvalue weighted by Crippen LogP contribution is 2.34. The van der Waals surface area contributed by atoms with E-state index in [1.165, 1.54) is 18.4 Å². The zero-order valence-corrected chi connectivity index (χ0v) is 15.3. The summed E-state index contributed by atoms with van der Waals surface area (Å²) < 4.78 is 12.4. The first-order valence-electron chi connectivity index (χ1n) is 7.84. The van der Waals surface area contributed by atoms with Gasteiger partial charge in [0.2, 0.25) is 0 Å². The Kier molecular flexibility index (Phi) is 8.77. The lowest BCUT2D eigenvalue weighted by Crippen LogP contribution is -2.12. The van der Waals surface area contributed by atoms with Gasteiger partial charge in [-0.15, -0.1) is 0 Å². The molecule has 1 N–H and O–H groups in total. The molecule has 0 bridgehead atoms. The summed E-state index contributed by atoms with van der Waals surface area (Å²) in [6.07, 6.45) is 3.45. The van der Waals surface area contributed by atoms with Gasteiger partial charge >= 0.3 is 0 Å². The van der Waals surface area contributed by atoms with Crippen LogP contribution in [-0.4, -0.2) is 26.8 Å². The minimum Gasteiger partial charge on any atom is -0.490 e. The summed E-state index contributed by atoms with van der Waals surface area (Å²) in [5.41, 5.74) is 1.29. The molecule has 1 rings (SSSR count). The summed E-state index contributed by atoms with van der Waals surface area (Å²) in [6.45, 7) is 8.67. The van der Waals surface area contributed by atoms with E-state index >= 15 is 0 Å². The van der Waals surface area contributed by atoms with Gasteiger partial charge in [0.1, 0.15) is 0 Å². The molecule has 1 atom stereocenters. The first kappa shape index (κ1) is 18.3. The third-order valence-electron chi connectivity index (χ3n) is 3.51. The average Bonchev–Trinajstić information content (AvgIpc) is 2.46. The molecular formula is C17H28BrNO2. The highest BCUT2D eigenvalue weighted by Gasteiger charge is 2.12. The Morgan fingerprint density at radius 2 is 1.71 bits per heavy atom. The third kappa shape index (κ3) is 6.27. The van der Waals surface area contributed by atoms with Crippen molar-refractivity contribution in [1.82, 2.24) is 5.32 Å². The van der Waals surface area contributed by atoms with Crippen LogP contribution in [0, 0.1) is 5.92 Å². The van der Waals surface area contributed by atoms with Crippen LogP contribution in [0.4, 0.5) is 0 Å². The minimum atomic E-state index is 0.646. The maximum atomic E-state index is 5.70. The number of halogens is 1. The molecular weight excluding hydrogens is 330 g/mol. The van der Waals surface area contributed by atoms with Crippen molar-refractivity contribution in [2.24, 2.45) is 5.92 Å². The van der Waals surface area contributed by atoms with E-state index in [2.05, 4.69) is 34.2 Å². The van der Waals surface area contributed by atoms with Crippen molar-refractivity contribution in [1.29, 1.82) is 0 Å². The van der Waals surface area contributed by atoms with E-state index in [-0.39, 0.29) is 0 Å². The SMILES string of the molecule is CCOc1cc(Br)c(CCC(C)CCNC)cc1OCC. The number of hydrogen-bond donors (Lipinski definition) is 1. The van der Waals surface area contributed by atoms with E-state index in [9.17, 15) is 0 Å². The molecule has 0 heterocycles. The Morgan fingerprint density at radius 1 is 1.10 bits per heavy atom. The lowest BCUT2D eigenvalue weighted by Gasteiger charge is -2.16. The molecule has 1 aromatic carbocycles. The van der Waals surface area contributed by atoms with Crippen molar-refractivity contribution in [3.63, 3.8) is 0 Å². The van der Waals surface area contributed by atoms with Gasteiger partial charge < -0.3 is 14.8 Å². The van der Waals surface area contributed by atoms with Crippen molar-refractivity contribution >= 4 is 15.9 Å². The second kappa shape index (κ2) is 10.1. The van der Waals surface area contributed by atoms with E-state index in [1.54, 1.807) is 0 Å². The molecule has 0 aliphatic carbocycles. The first-order valence-corrected chi connectivity index (χ1v) is 8.64. The smallest absolute Gasteiger partial charge is 0.162 e. The van der Waals surface area contributed by atoms with Crippen LogP contribution in [0.3, 0.4) is 0 Å². The van der Waals surface area contributed by atoms with Gasteiger partial charge in [0.15, 0.2) is 11.5 Å². The number of benzene rings is 1. The second-order valence-electron chi connectivity index (χ2n) is 5.29. The topological polar surface area (TPSA) is 30.5 Å². The Labute approximate surface area is 137 Å². The van der Waals surface area contributed by atoms with Crippen LogP contribution in [-0.2, 0) is 6.42 Å². The van der Waals surface area contributed by atoms with Crippen molar-refractivity contribution in [3.05, 3.63) is 22.2 Å². The summed E-state index contributed by atoms with van der Waals surface area (Å²) in [7, 11) is 2.00. The van der Waals surface area contributed by atoms with Gasteiger partial charge in [-0.2, -0.15) is 0 Å². The summed E-state index contributed by atoms with van der Waals surface area (Å²) >= 11 is 3.66. The summed E-state index contributed by atoms with van der Waals surface area (Å²) in [5.74, 6) is 2.38. The summed E-state index contributed by atoms with van der Waals surface area (Å²) in [6, 6.07) is 4.14. The lowest BCUT2D eigenvalue weighted by molar-refractivity contribution is 0.287. The zero-order chi connectivity index (χ0) is 15.7. The van der Waals surface area contributed by atoms with Crippen molar-refractivity contribution in [2.45, 2.75) is 40.0 Å². The van der Waals surface area contributed by atoms with E-state index in [0.717, 1.165) is 28.9 Å². The van der Waals surface area contributed by atoms with Crippen LogP contribution >= 0.6 is 15.9 Å². The normalized spacial score (nSPS) is 12.2. The fourth-order valence-electron chi connectivity index (χ4n) is 2.24. The Morgan fingerprint density at radius 3 is 2.29 bits per heavy atom. The predicted molar refractivity (Wildman–Crippen MR) is 92.5 cm³/mol. The molecule has 1 unspecified atom stereocenters. The van der Waals surface area contributed by atoms with Gasteiger partial charge in [-0.1, -0.05) is 22.9 Å². The molecule has 0 aromatic heterocycles. The number of hydrogen-bond acceptors (Lipinski definition) is 3. The molecule has 0 saturated heterocycles. The van der Waals surface area contributed by atoms with Crippen LogP contribution in [0.5, 0.6) is 11.5 Å². The molecule has 0 fully saturated rings. The largest absolute Gasteiger partial charge is 0.490 e. The van der Waals surface area contributed by atoms with Gasteiger partial charge in [-0.05, 0) is 70.3 Å². The fraction of sp³-hybridized carbons (Fsp3) is 0.647. The van der Waals surface area contributed by atoms with E-state index in [4.69, 9.17) is 9.47 Å². The number of nitrogens with one attached hydrogen (secondary N) is 1. The molecule has 0 aliphatic rings. The van der Waals surface area contributed by atoms with Crippen LogP contribution in [0.1, 0.15) is 39.2 Å². The Hall–Kier alpha value is -0.740. The summed E-state index contributed by atoms with van der Waals surface area (Å²) in [4.78, 5) is 0. The molecule has 0 aliphatic heterocycles. The van der Waals surface area contributed by atoms with Gasteiger partial charge in [-0.25, -0.2) is 0 Å². The number of ether oxygens (including phenoxy) is 2. The molecule has 0 amide bonds. The van der Waals surface area contributed by atoms with Crippen molar-refractivity contribution in [2.75, 3.05) is 26.8 Å². The van der Waals surface area contributed by atoms with Gasteiger partial charge in [-0.3, -0.25) is 0 Å². The Balaban J connectivity index is 2.75. The highest BCUT2D eigenvalue weighted by atomic mass is 79.9. The monoisotopic (exact) mass is 357 g/mol. The van der Waals surface area contributed by atoms with Gasteiger partial charge in [0.05, 0.1) is 13.2 Å². The average molecular weight is 358 g/mol. The standard InChI is InChI=1S/C17H28BrNO2/c1-5-20-16-11-14(8-7-13(3)9-10-19-4)15(18)12-17(16)21-6-2/h11-13,19H,5-10H2,1-4H3. The van der Waals surface area contributed by atoms with Gasteiger partial charge in [0, 0.05) is 4.47 Å². The lowest BCUT2D eigenvalue weighted by atomic mass is 9.98. The maximum absolute atomic E-state index is 5.70. The molecule has 21 heavy (non-hydrogen) atoms. The summed E-state index contributed by atoms with van der Waals surface area (Å²) in [5, 5.41) is 3.21. The second-order valence-corrected chi connectivity index (χ2v) is 6.15. The Bertz CT molecular complexity index is 423. The number of aryl methyl sites for hydroxylation is 1. The predicted octanol–water partition coefficient (Wildman–Crippen LogP) is 4.42. The third-order valence-corrected chi connectivity index (χ3v) is 4.24. The fourth-order valence-corrected chi connectivity index (χ4v) is 2.76. The molecule has 0 radical (unpaired) electrons. The molecule has 0 spiro atoms. The van der Waals surface area contributed by atoms with Crippen molar-refractivity contribution in [3.8, 4) is 11.5 Å². The van der Waals surface area contributed by atoms with Gasteiger partial charge in [0.25, 0.3) is 0 Å². The first-order chi connectivity index (χ1) is 10.1. The maximum Gasteiger partial charge on any atom is 0.162 e. The quantitative estimate of drug-likeness (QED) is 0.671. The van der Waals surface area contributed by atoms with Crippen LogP contribution in [0.2, 0.25) is 0 Å². The van der Waals surface area contributed by atoms with E-state index in [0.29, 0.717) is 19.1 Å². The van der Waals surface area contributed by atoms with Crippen LogP contribution in [0.15, 0.2) is 16.6 Å². The molecule has 3 nitrogen and oxygen atoms in total. The highest BCUT2D eigenvalue weighted by molar-refractivity contribution is 9.10. The molecule has 4 heteroatoms.